The number of piperazine rings is 1. The highest BCUT2D eigenvalue weighted by atomic mass is 19.4. The molecule has 0 saturated carbocycles. The predicted octanol–water partition coefficient (Wildman–Crippen LogP) is 3.25. The number of hydrogen-bond donors (Lipinski definition) is 1. The number of amides is 1. The number of carbonyl (C=O) groups excluding carboxylic acids is 1. The monoisotopic (exact) mass is 382 g/mol. The summed E-state index contributed by atoms with van der Waals surface area (Å²) >= 11 is 0. The number of alkyl halides is 3. The van der Waals surface area contributed by atoms with E-state index < -0.39 is 17.3 Å². The number of hydrogen-bond acceptors (Lipinski definition) is 5. The van der Waals surface area contributed by atoms with Gasteiger partial charge in [0, 0.05) is 18.7 Å². The normalized spacial score (nSPS) is 21.3. The molecule has 0 aliphatic carbocycles. The molecule has 0 radical (unpaired) electrons. The fourth-order valence-electron chi connectivity index (χ4n) is 3.31. The van der Waals surface area contributed by atoms with E-state index in [2.05, 4.69) is 15.5 Å². The Morgan fingerprint density at radius 1 is 1.30 bits per heavy atom. The molecule has 0 bridgehead atoms. The molecule has 1 amide bonds. The van der Waals surface area contributed by atoms with Gasteiger partial charge in [0.05, 0.1) is 17.6 Å². The number of halogens is 3. The standard InChI is InChI=1S/C18H21F3N4O2/c1-3-8-17(2)16(26)22-9-10-25(17)11-14-23-15(24-27-14)12-4-6-13(7-5-12)18(19,20)21/h4-7H,3,8-11H2,1-2H3,(H,22,26)/t17-/m0/s1. The second kappa shape index (κ2) is 7.30. The molecule has 9 heteroatoms. The summed E-state index contributed by atoms with van der Waals surface area (Å²) in [6, 6.07) is 4.59. The summed E-state index contributed by atoms with van der Waals surface area (Å²) in [7, 11) is 0. The van der Waals surface area contributed by atoms with Crippen molar-refractivity contribution in [2.24, 2.45) is 0 Å². The Morgan fingerprint density at radius 2 is 2.00 bits per heavy atom. The van der Waals surface area contributed by atoms with Gasteiger partial charge in [-0.25, -0.2) is 0 Å². The van der Waals surface area contributed by atoms with Crippen molar-refractivity contribution >= 4 is 5.91 Å². The van der Waals surface area contributed by atoms with Gasteiger partial charge in [-0.2, -0.15) is 18.2 Å². The number of carbonyl (C=O) groups is 1. The molecule has 1 N–H and O–H groups in total. The lowest BCUT2D eigenvalue weighted by atomic mass is 9.90. The minimum Gasteiger partial charge on any atom is -0.353 e. The molecule has 27 heavy (non-hydrogen) atoms. The third-order valence-corrected chi connectivity index (χ3v) is 4.86. The zero-order valence-corrected chi connectivity index (χ0v) is 15.1. The van der Waals surface area contributed by atoms with Crippen molar-refractivity contribution in [2.75, 3.05) is 13.1 Å². The van der Waals surface area contributed by atoms with E-state index >= 15 is 0 Å². The predicted molar refractivity (Wildman–Crippen MR) is 91.5 cm³/mol. The Hall–Kier alpha value is -2.42. The van der Waals surface area contributed by atoms with Gasteiger partial charge in [0.15, 0.2) is 0 Å². The molecule has 3 rings (SSSR count). The minimum absolute atomic E-state index is 0.0296. The SMILES string of the molecule is CCC[C@@]1(C)C(=O)NCCN1Cc1nc(-c2ccc(C(F)(F)F)cc2)no1. The van der Waals surface area contributed by atoms with Crippen LogP contribution < -0.4 is 5.32 Å². The summed E-state index contributed by atoms with van der Waals surface area (Å²) < 4.78 is 43.3. The van der Waals surface area contributed by atoms with Gasteiger partial charge in [-0.05, 0) is 25.5 Å². The maximum Gasteiger partial charge on any atom is 0.416 e. The fraction of sp³-hybridized carbons (Fsp3) is 0.500. The lowest BCUT2D eigenvalue weighted by Gasteiger charge is -2.42. The number of rotatable bonds is 5. The van der Waals surface area contributed by atoms with Crippen molar-refractivity contribution in [3.05, 3.63) is 35.7 Å². The molecule has 1 atom stereocenters. The average Bonchev–Trinajstić information content (AvgIpc) is 3.08. The third kappa shape index (κ3) is 3.97. The van der Waals surface area contributed by atoms with Crippen LogP contribution in [0.1, 0.15) is 38.1 Å². The maximum absolute atomic E-state index is 12.7. The summed E-state index contributed by atoms with van der Waals surface area (Å²) in [5, 5.41) is 6.74. The van der Waals surface area contributed by atoms with Crippen LogP contribution in [0.5, 0.6) is 0 Å². The van der Waals surface area contributed by atoms with Crippen LogP contribution in [0.15, 0.2) is 28.8 Å². The van der Waals surface area contributed by atoms with Crippen LogP contribution >= 0.6 is 0 Å². The number of nitrogens with zero attached hydrogens (tertiary/aromatic N) is 3. The van der Waals surface area contributed by atoms with Crippen LogP contribution in [0.25, 0.3) is 11.4 Å². The van der Waals surface area contributed by atoms with E-state index in [0.29, 0.717) is 37.5 Å². The molecule has 146 valence electrons. The van der Waals surface area contributed by atoms with Crippen molar-refractivity contribution in [2.45, 2.75) is 44.9 Å². The van der Waals surface area contributed by atoms with Crippen LogP contribution in [0.4, 0.5) is 13.2 Å². The van der Waals surface area contributed by atoms with E-state index in [9.17, 15) is 18.0 Å². The van der Waals surface area contributed by atoms with Crippen molar-refractivity contribution in [1.29, 1.82) is 0 Å². The Morgan fingerprint density at radius 3 is 2.63 bits per heavy atom. The molecular weight excluding hydrogens is 361 g/mol. The second-order valence-electron chi connectivity index (χ2n) is 6.79. The van der Waals surface area contributed by atoms with E-state index in [0.717, 1.165) is 18.6 Å². The molecule has 1 aromatic carbocycles. The molecule has 1 aliphatic heterocycles. The van der Waals surface area contributed by atoms with Crippen molar-refractivity contribution in [3.63, 3.8) is 0 Å². The summed E-state index contributed by atoms with van der Waals surface area (Å²) in [5.74, 6) is 0.511. The Bertz CT molecular complexity index is 804. The molecular formula is C18H21F3N4O2. The lowest BCUT2D eigenvalue weighted by Crippen LogP contribution is -2.62. The van der Waals surface area contributed by atoms with Gasteiger partial charge in [-0.3, -0.25) is 9.69 Å². The highest BCUT2D eigenvalue weighted by Gasteiger charge is 2.41. The van der Waals surface area contributed by atoms with Gasteiger partial charge in [0.25, 0.3) is 0 Å². The molecule has 0 spiro atoms. The van der Waals surface area contributed by atoms with E-state index in [1.165, 1.54) is 12.1 Å². The molecule has 1 aliphatic rings. The van der Waals surface area contributed by atoms with Gasteiger partial charge in [0.1, 0.15) is 0 Å². The minimum atomic E-state index is -4.39. The first-order valence-electron chi connectivity index (χ1n) is 8.77. The number of nitrogens with one attached hydrogen (secondary N) is 1. The van der Waals surface area contributed by atoms with Crippen LogP contribution in [0.3, 0.4) is 0 Å². The van der Waals surface area contributed by atoms with E-state index in [4.69, 9.17) is 4.52 Å². The van der Waals surface area contributed by atoms with Crippen molar-refractivity contribution in [1.82, 2.24) is 20.4 Å². The van der Waals surface area contributed by atoms with E-state index in [1.54, 1.807) is 0 Å². The Kier molecular flexibility index (Phi) is 5.23. The quantitative estimate of drug-likeness (QED) is 0.860. The Balaban J connectivity index is 1.76. The van der Waals surface area contributed by atoms with Crippen LogP contribution in [0, 0.1) is 0 Å². The lowest BCUT2D eigenvalue weighted by molar-refractivity contribution is -0.138. The molecule has 6 nitrogen and oxygen atoms in total. The highest BCUT2D eigenvalue weighted by Crippen LogP contribution is 2.31. The Labute approximate surface area is 154 Å². The molecule has 2 heterocycles. The first-order chi connectivity index (χ1) is 12.7. The van der Waals surface area contributed by atoms with Gasteiger partial charge in [0.2, 0.25) is 17.6 Å². The van der Waals surface area contributed by atoms with Gasteiger partial charge in [-0.1, -0.05) is 30.6 Å². The van der Waals surface area contributed by atoms with Gasteiger partial charge >= 0.3 is 6.18 Å². The van der Waals surface area contributed by atoms with Crippen molar-refractivity contribution < 1.29 is 22.5 Å². The molecule has 1 saturated heterocycles. The smallest absolute Gasteiger partial charge is 0.353 e. The first kappa shape index (κ1) is 19.3. The number of aromatic nitrogens is 2. The zero-order chi connectivity index (χ0) is 19.7. The van der Waals surface area contributed by atoms with Crippen molar-refractivity contribution in [3.8, 4) is 11.4 Å². The highest BCUT2D eigenvalue weighted by molar-refractivity contribution is 5.86. The number of benzene rings is 1. The summed E-state index contributed by atoms with van der Waals surface area (Å²) in [5.41, 5.74) is -0.953. The molecule has 1 fully saturated rings. The van der Waals surface area contributed by atoms with Crippen LogP contribution in [-0.4, -0.2) is 39.6 Å². The zero-order valence-electron chi connectivity index (χ0n) is 15.1. The molecule has 1 aromatic heterocycles. The van der Waals surface area contributed by atoms with Gasteiger partial charge < -0.3 is 9.84 Å². The summed E-state index contributed by atoms with van der Waals surface area (Å²) in [6.07, 6.45) is -2.85. The van der Waals surface area contributed by atoms with E-state index in [-0.39, 0.29) is 11.7 Å². The fourth-order valence-corrected chi connectivity index (χ4v) is 3.31. The average molecular weight is 382 g/mol. The van der Waals surface area contributed by atoms with E-state index in [1.807, 2.05) is 18.7 Å². The summed E-state index contributed by atoms with van der Waals surface area (Å²) in [4.78, 5) is 18.6. The first-order valence-corrected chi connectivity index (χ1v) is 8.77. The third-order valence-electron chi connectivity index (χ3n) is 4.86. The second-order valence-corrected chi connectivity index (χ2v) is 6.79. The molecule has 0 unspecified atom stereocenters. The topological polar surface area (TPSA) is 71.3 Å². The molecule has 2 aromatic rings. The maximum atomic E-state index is 12.7. The summed E-state index contributed by atoms with van der Waals surface area (Å²) in [6.45, 7) is 5.40. The van der Waals surface area contributed by atoms with Gasteiger partial charge in [-0.15, -0.1) is 0 Å². The van der Waals surface area contributed by atoms with Crippen LogP contribution in [0.2, 0.25) is 0 Å². The largest absolute Gasteiger partial charge is 0.416 e. The van der Waals surface area contributed by atoms with Crippen LogP contribution in [-0.2, 0) is 17.5 Å².